The molecule has 0 amide bonds. The number of hydrogen-bond donors (Lipinski definition) is 1. The SMILES string of the molecule is Cc1c(-c2cnn(C)n2)cc(F)nc1N. The van der Waals surface area contributed by atoms with E-state index in [9.17, 15) is 4.39 Å². The Bertz CT molecular complexity index is 505. The third kappa shape index (κ3) is 1.65. The quantitative estimate of drug-likeness (QED) is 0.705. The topological polar surface area (TPSA) is 69.6 Å². The molecule has 0 atom stereocenters. The Balaban J connectivity index is 2.62. The maximum Gasteiger partial charge on any atom is 0.215 e. The molecular formula is C9H10FN5. The Hall–Kier alpha value is -1.98. The standard InChI is InChI=1S/C9H10FN5/c1-5-6(3-8(10)13-9(5)11)7-4-12-15(2)14-7/h3-4H,1-2H3,(H2,11,13). The summed E-state index contributed by atoms with van der Waals surface area (Å²) < 4.78 is 13.1. The lowest BCUT2D eigenvalue weighted by Gasteiger charge is -2.04. The molecular weight excluding hydrogens is 197 g/mol. The summed E-state index contributed by atoms with van der Waals surface area (Å²) in [5.41, 5.74) is 7.47. The van der Waals surface area contributed by atoms with Gasteiger partial charge in [-0.15, -0.1) is 0 Å². The van der Waals surface area contributed by atoms with Gasteiger partial charge in [-0.1, -0.05) is 0 Å². The molecule has 0 bridgehead atoms. The molecule has 0 spiro atoms. The minimum absolute atomic E-state index is 0.177. The highest BCUT2D eigenvalue weighted by Crippen LogP contribution is 2.24. The maximum absolute atomic E-state index is 13.1. The van der Waals surface area contributed by atoms with Gasteiger partial charge in [0.2, 0.25) is 5.95 Å². The molecule has 2 rings (SSSR count). The van der Waals surface area contributed by atoms with Crippen molar-refractivity contribution >= 4 is 5.82 Å². The monoisotopic (exact) mass is 207 g/mol. The largest absolute Gasteiger partial charge is 0.383 e. The summed E-state index contributed by atoms with van der Waals surface area (Å²) in [6, 6.07) is 1.30. The molecule has 0 aliphatic carbocycles. The van der Waals surface area contributed by atoms with E-state index in [1.807, 2.05) is 0 Å². The summed E-state index contributed by atoms with van der Waals surface area (Å²) in [6.07, 6.45) is 1.56. The molecule has 5 nitrogen and oxygen atoms in total. The van der Waals surface area contributed by atoms with Crippen LogP contribution in [0.2, 0.25) is 0 Å². The van der Waals surface area contributed by atoms with Crippen LogP contribution in [0.1, 0.15) is 5.56 Å². The first-order valence-electron chi connectivity index (χ1n) is 4.37. The summed E-state index contributed by atoms with van der Waals surface area (Å²) in [7, 11) is 1.69. The van der Waals surface area contributed by atoms with Gasteiger partial charge < -0.3 is 5.73 Å². The number of rotatable bonds is 1. The predicted molar refractivity (Wildman–Crippen MR) is 53.3 cm³/mol. The van der Waals surface area contributed by atoms with Crippen molar-refractivity contribution in [3.8, 4) is 11.3 Å². The van der Waals surface area contributed by atoms with Gasteiger partial charge in [-0.05, 0) is 6.92 Å². The van der Waals surface area contributed by atoms with Crippen LogP contribution in [0.25, 0.3) is 11.3 Å². The van der Waals surface area contributed by atoms with Gasteiger partial charge in [0.15, 0.2) is 0 Å². The van der Waals surface area contributed by atoms with Crippen molar-refractivity contribution < 1.29 is 4.39 Å². The van der Waals surface area contributed by atoms with Crippen molar-refractivity contribution in [1.82, 2.24) is 20.0 Å². The highest BCUT2D eigenvalue weighted by atomic mass is 19.1. The van der Waals surface area contributed by atoms with Crippen LogP contribution in [-0.4, -0.2) is 20.0 Å². The summed E-state index contributed by atoms with van der Waals surface area (Å²) >= 11 is 0. The molecule has 6 heteroatoms. The number of anilines is 1. The number of aromatic nitrogens is 4. The second-order valence-corrected chi connectivity index (χ2v) is 3.22. The smallest absolute Gasteiger partial charge is 0.215 e. The highest BCUT2D eigenvalue weighted by Gasteiger charge is 2.11. The van der Waals surface area contributed by atoms with Gasteiger partial charge in [0, 0.05) is 24.2 Å². The van der Waals surface area contributed by atoms with E-state index in [2.05, 4.69) is 15.2 Å². The van der Waals surface area contributed by atoms with Crippen molar-refractivity contribution in [2.45, 2.75) is 6.92 Å². The lowest BCUT2D eigenvalue weighted by molar-refractivity contribution is 0.585. The number of hydrogen-bond acceptors (Lipinski definition) is 4. The number of nitrogens with two attached hydrogens (primary N) is 1. The molecule has 78 valence electrons. The van der Waals surface area contributed by atoms with Crippen molar-refractivity contribution in [1.29, 1.82) is 0 Å². The van der Waals surface area contributed by atoms with Crippen LogP contribution in [0, 0.1) is 12.9 Å². The number of nitrogen functional groups attached to an aromatic ring is 1. The van der Waals surface area contributed by atoms with Crippen LogP contribution in [0.15, 0.2) is 12.3 Å². The van der Waals surface area contributed by atoms with Crippen LogP contribution in [0.5, 0.6) is 0 Å². The second-order valence-electron chi connectivity index (χ2n) is 3.22. The van der Waals surface area contributed by atoms with E-state index >= 15 is 0 Å². The minimum atomic E-state index is -0.612. The lowest BCUT2D eigenvalue weighted by Crippen LogP contribution is -1.99. The van der Waals surface area contributed by atoms with Crippen LogP contribution in [0.4, 0.5) is 10.2 Å². The predicted octanol–water partition coefficient (Wildman–Crippen LogP) is 0.907. The third-order valence-corrected chi connectivity index (χ3v) is 2.15. The summed E-state index contributed by atoms with van der Waals surface area (Å²) in [5, 5.41) is 7.99. The van der Waals surface area contributed by atoms with Crippen LogP contribution in [-0.2, 0) is 7.05 Å². The second kappa shape index (κ2) is 3.30. The zero-order valence-electron chi connectivity index (χ0n) is 8.40. The van der Waals surface area contributed by atoms with Gasteiger partial charge in [0.05, 0.1) is 6.20 Å². The third-order valence-electron chi connectivity index (χ3n) is 2.15. The van der Waals surface area contributed by atoms with E-state index in [4.69, 9.17) is 5.73 Å². The van der Waals surface area contributed by atoms with E-state index < -0.39 is 5.95 Å². The van der Waals surface area contributed by atoms with Gasteiger partial charge in [-0.3, -0.25) is 0 Å². The van der Waals surface area contributed by atoms with Gasteiger partial charge >= 0.3 is 0 Å². The molecule has 0 aliphatic heterocycles. The molecule has 0 saturated heterocycles. The molecule has 2 heterocycles. The van der Waals surface area contributed by atoms with Crippen molar-refractivity contribution in [2.75, 3.05) is 5.73 Å². The first-order chi connectivity index (χ1) is 7.08. The molecule has 0 aliphatic rings. The average Bonchev–Trinajstić information content (AvgIpc) is 2.58. The Morgan fingerprint density at radius 3 is 2.80 bits per heavy atom. The van der Waals surface area contributed by atoms with E-state index in [1.165, 1.54) is 10.9 Å². The Kier molecular flexibility index (Phi) is 2.11. The summed E-state index contributed by atoms with van der Waals surface area (Å²) in [5.74, 6) is -0.436. The van der Waals surface area contributed by atoms with Gasteiger partial charge in [-0.2, -0.15) is 19.4 Å². The maximum atomic E-state index is 13.1. The van der Waals surface area contributed by atoms with Crippen LogP contribution in [0.3, 0.4) is 0 Å². The highest BCUT2D eigenvalue weighted by molar-refractivity contribution is 5.67. The van der Waals surface area contributed by atoms with Gasteiger partial charge in [0.1, 0.15) is 11.5 Å². The Morgan fingerprint density at radius 1 is 1.47 bits per heavy atom. The van der Waals surface area contributed by atoms with E-state index in [1.54, 1.807) is 20.2 Å². The number of pyridine rings is 1. The fourth-order valence-corrected chi connectivity index (χ4v) is 1.33. The van der Waals surface area contributed by atoms with Crippen LogP contribution < -0.4 is 5.73 Å². The normalized spacial score (nSPS) is 10.6. The molecule has 2 N–H and O–H groups in total. The minimum Gasteiger partial charge on any atom is -0.383 e. The van der Waals surface area contributed by atoms with Crippen molar-refractivity contribution in [2.24, 2.45) is 7.05 Å². The first-order valence-corrected chi connectivity index (χ1v) is 4.37. The van der Waals surface area contributed by atoms with Gasteiger partial charge in [-0.25, -0.2) is 4.98 Å². The van der Waals surface area contributed by atoms with Crippen molar-refractivity contribution in [3.63, 3.8) is 0 Å². The van der Waals surface area contributed by atoms with Crippen LogP contribution >= 0.6 is 0 Å². The summed E-state index contributed by atoms with van der Waals surface area (Å²) in [6.45, 7) is 1.77. The molecule has 0 radical (unpaired) electrons. The number of nitrogens with zero attached hydrogens (tertiary/aromatic N) is 4. The van der Waals surface area contributed by atoms with E-state index in [0.717, 1.165) is 0 Å². The lowest BCUT2D eigenvalue weighted by atomic mass is 10.1. The molecule has 0 fully saturated rings. The van der Waals surface area contributed by atoms with Crippen molar-refractivity contribution in [3.05, 3.63) is 23.8 Å². The Morgan fingerprint density at radius 2 is 2.20 bits per heavy atom. The van der Waals surface area contributed by atoms with E-state index in [-0.39, 0.29) is 5.82 Å². The number of halogens is 1. The zero-order valence-corrected chi connectivity index (χ0v) is 8.40. The zero-order chi connectivity index (χ0) is 11.0. The first kappa shape index (κ1) is 9.57. The molecule has 0 aromatic carbocycles. The Labute approximate surface area is 85.7 Å². The fourth-order valence-electron chi connectivity index (χ4n) is 1.33. The molecule has 2 aromatic heterocycles. The van der Waals surface area contributed by atoms with Gasteiger partial charge in [0.25, 0.3) is 0 Å². The summed E-state index contributed by atoms with van der Waals surface area (Å²) in [4.78, 5) is 4.93. The van der Waals surface area contributed by atoms with E-state index in [0.29, 0.717) is 16.8 Å². The average molecular weight is 207 g/mol. The number of aryl methyl sites for hydroxylation is 1. The fraction of sp³-hybridized carbons (Fsp3) is 0.222. The molecule has 0 unspecified atom stereocenters. The molecule has 2 aromatic rings. The molecule has 15 heavy (non-hydrogen) atoms. The molecule has 0 saturated carbocycles.